The Kier molecular flexibility index (Phi) is 9.00. The molecule has 3 aromatic rings. The number of anilines is 2. The molecule has 0 bridgehead atoms. The summed E-state index contributed by atoms with van der Waals surface area (Å²) in [6, 6.07) is 11.6. The third-order valence-electron chi connectivity index (χ3n) is 5.37. The molecule has 0 aliphatic heterocycles. The number of carbonyl (C=O) groups excluding carboxylic acids is 2. The minimum Gasteiger partial charge on any atom is -0.444 e. The predicted octanol–water partition coefficient (Wildman–Crippen LogP) is 4.84. The number of nitrogens with one attached hydrogen (secondary N) is 1. The van der Waals surface area contributed by atoms with Gasteiger partial charge >= 0.3 is 34.9 Å². The van der Waals surface area contributed by atoms with Gasteiger partial charge in [0.1, 0.15) is 13.2 Å². The summed E-state index contributed by atoms with van der Waals surface area (Å²) in [4.78, 5) is 67.3. The van der Waals surface area contributed by atoms with Gasteiger partial charge in [0.15, 0.2) is 0 Å². The van der Waals surface area contributed by atoms with Crippen molar-refractivity contribution in [3.05, 3.63) is 112 Å². The molecule has 1 N–H and O–H groups in total. The molecule has 18 heteroatoms. The van der Waals surface area contributed by atoms with Gasteiger partial charge in [-0.3, -0.25) is 40.5 Å². The van der Waals surface area contributed by atoms with Crippen LogP contribution in [-0.2, 0) is 22.7 Å². The summed E-state index contributed by atoms with van der Waals surface area (Å²) in [5, 5.41) is 47.3. The number of imide groups is 1. The standard InChI is InChI=1S/C23H18N6O12/c1-24-16-4-2-3-5-17(16)25(22(30)40-12-14-6-8-18(26(32)33)20(10-14)28(36)37)23(31)41-13-15-7-9-19(27(34)35)21(11-15)29(38)39/h2-11,24H,12-13H2,1H3. The molecule has 18 nitrogen and oxygen atoms in total. The third kappa shape index (κ3) is 6.82. The smallest absolute Gasteiger partial charge is 0.424 e. The zero-order valence-electron chi connectivity index (χ0n) is 20.8. The highest BCUT2D eigenvalue weighted by Crippen LogP contribution is 2.31. The van der Waals surface area contributed by atoms with E-state index in [-0.39, 0.29) is 22.5 Å². The van der Waals surface area contributed by atoms with Crippen LogP contribution >= 0.6 is 0 Å². The quantitative estimate of drug-likeness (QED) is 0.254. The van der Waals surface area contributed by atoms with E-state index in [0.29, 0.717) is 4.90 Å². The summed E-state index contributed by atoms with van der Waals surface area (Å²) in [6.45, 7) is -1.25. The van der Waals surface area contributed by atoms with E-state index in [2.05, 4.69) is 5.32 Å². The van der Waals surface area contributed by atoms with E-state index in [9.17, 15) is 50.0 Å². The number of hydrogen-bond donors (Lipinski definition) is 1. The highest BCUT2D eigenvalue weighted by molar-refractivity contribution is 6.11. The molecule has 0 radical (unpaired) electrons. The molecule has 0 aliphatic rings. The van der Waals surface area contributed by atoms with E-state index in [1.807, 2.05) is 0 Å². The first kappa shape index (κ1) is 29.4. The van der Waals surface area contributed by atoms with Crippen molar-refractivity contribution in [1.29, 1.82) is 0 Å². The Hall–Kier alpha value is -6.20. The molecular weight excluding hydrogens is 552 g/mol. The van der Waals surface area contributed by atoms with Crippen molar-refractivity contribution in [3.8, 4) is 0 Å². The maximum Gasteiger partial charge on any atom is 0.424 e. The molecule has 0 atom stereocenters. The molecule has 0 aliphatic carbocycles. The monoisotopic (exact) mass is 570 g/mol. The van der Waals surface area contributed by atoms with E-state index in [0.717, 1.165) is 36.4 Å². The van der Waals surface area contributed by atoms with Crippen molar-refractivity contribution in [2.24, 2.45) is 0 Å². The van der Waals surface area contributed by atoms with E-state index in [1.165, 1.54) is 25.2 Å². The largest absolute Gasteiger partial charge is 0.444 e. The van der Waals surface area contributed by atoms with Crippen LogP contribution in [0.5, 0.6) is 0 Å². The SMILES string of the molecule is CNc1ccccc1N(C(=O)OCc1ccc([N+](=O)[O-])c([N+](=O)[O-])c1)C(=O)OCc1ccc([N+](=O)[O-])c([N+](=O)[O-])c1. The van der Waals surface area contributed by atoms with Gasteiger partial charge in [-0.15, -0.1) is 0 Å². The van der Waals surface area contributed by atoms with E-state index in [1.54, 1.807) is 6.07 Å². The van der Waals surface area contributed by atoms with Crippen LogP contribution in [0.2, 0.25) is 0 Å². The topological polar surface area (TPSA) is 240 Å². The number of ether oxygens (including phenoxy) is 2. The molecule has 0 spiro atoms. The Bertz CT molecular complexity index is 1470. The lowest BCUT2D eigenvalue weighted by molar-refractivity contribution is -0.422. The number of carbonyl (C=O) groups is 2. The summed E-state index contributed by atoms with van der Waals surface area (Å²) in [7, 11) is 1.50. The lowest BCUT2D eigenvalue weighted by atomic mass is 10.2. The molecule has 2 amide bonds. The number of nitro groups is 4. The van der Waals surface area contributed by atoms with E-state index >= 15 is 0 Å². The summed E-state index contributed by atoms with van der Waals surface area (Å²) in [6.07, 6.45) is -2.60. The van der Waals surface area contributed by atoms with Gasteiger partial charge in [0.25, 0.3) is 0 Å². The highest BCUT2D eigenvalue weighted by atomic mass is 16.6. The van der Waals surface area contributed by atoms with Gasteiger partial charge in [0, 0.05) is 31.3 Å². The average molecular weight is 570 g/mol. The minimum absolute atomic E-state index is 0.00376. The number of nitrogens with zero attached hydrogens (tertiary/aromatic N) is 5. The third-order valence-corrected chi connectivity index (χ3v) is 5.37. The maximum absolute atomic E-state index is 13.1. The highest BCUT2D eigenvalue weighted by Gasteiger charge is 2.31. The molecule has 0 fully saturated rings. The molecule has 0 heterocycles. The molecule has 0 saturated carbocycles. The normalized spacial score (nSPS) is 10.3. The van der Waals surface area contributed by atoms with Crippen molar-refractivity contribution in [3.63, 3.8) is 0 Å². The molecule has 3 rings (SSSR count). The van der Waals surface area contributed by atoms with Crippen molar-refractivity contribution < 1.29 is 38.8 Å². The molecular formula is C23H18N6O12. The fourth-order valence-corrected chi connectivity index (χ4v) is 3.49. The fourth-order valence-electron chi connectivity index (χ4n) is 3.49. The number of hydrogen-bond acceptors (Lipinski definition) is 13. The van der Waals surface area contributed by atoms with Gasteiger partial charge in [-0.1, -0.05) is 12.1 Å². The van der Waals surface area contributed by atoms with Gasteiger partial charge in [-0.25, -0.2) is 9.59 Å². The zero-order valence-corrected chi connectivity index (χ0v) is 20.8. The van der Waals surface area contributed by atoms with Crippen molar-refractivity contribution in [2.75, 3.05) is 17.3 Å². The summed E-state index contributed by atoms with van der Waals surface area (Å²) in [5.41, 5.74) is -2.97. The average Bonchev–Trinajstić information content (AvgIpc) is 2.94. The van der Waals surface area contributed by atoms with E-state index < -0.39 is 67.8 Å². The second-order valence-electron chi connectivity index (χ2n) is 7.89. The molecule has 212 valence electrons. The predicted molar refractivity (Wildman–Crippen MR) is 138 cm³/mol. The molecule has 0 aromatic heterocycles. The van der Waals surface area contributed by atoms with Gasteiger partial charge in [0.2, 0.25) is 0 Å². The van der Waals surface area contributed by atoms with Crippen LogP contribution in [-0.4, -0.2) is 38.9 Å². The Balaban J connectivity index is 1.86. The Morgan fingerprint density at radius 1 is 0.683 bits per heavy atom. The van der Waals surface area contributed by atoms with Crippen molar-refractivity contribution >= 4 is 46.3 Å². The molecule has 0 unspecified atom stereocenters. The number of benzene rings is 3. The number of nitro benzene ring substituents is 4. The van der Waals surface area contributed by atoms with Crippen LogP contribution < -0.4 is 10.2 Å². The summed E-state index contributed by atoms with van der Waals surface area (Å²) >= 11 is 0. The molecule has 41 heavy (non-hydrogen) atoms. The van der Waals surface area contributed by atoms with Gasteiger partial charge in [0.05, 0.1) is 31.1 Å². The second-order valence-corrected chi connectivity index (χ2v) is 7.89. The maximum atomic E-state index is 13.1. The van der Waals surface area contributed by atoms with Crippen molar-refractivity contribution in [2.45, 2.75) is 13.2 Å². The number of rotatable bonds is 10. The van der Waals surface area contributed by atoms with E-state index in [4.69, 9.17) is 9.47 Å². The van der Waals surface area contributed by atoms with Crippen LogP contribution in [0.1, 0.15) is 11.1 Å². The lowest BCUT2D eigenvalue weighted by Crippen LogP contribution is -2.38. The van der Waals surface area contributed by atoms with Crippen LogP contribution in [0, 0.1) is 40.5 Å². The fraction of sp³-hybridized carbons (Fsp3) is 0.130. The first-order chi connectivity index (χ1) is 19.4. The molecule has 3 aromatic carbocycles. The van der Waals surface area contributed by atoms with Crippen LogP contribution in [0.3, 0.4) is 0 Å². The lowest BCUT2D eigenvalue weighted by Gasteiger charge is -2.22. The second kappa shape index (κ2) is 12.6. The van der Waals surface area contributed by atoms with Gasteiger partial charge < -0.3 is 14.8 Å². The van der Waals surface area contributed by atoms with Crippen LogP contribution in [0.15, 0.2) is 60.7 Å². The van der Waals surface area contributed by atoms with Crippen molar-refractivity contribution in [1.82, 2.24) is 0 Å². The number of amides is 2. The summed E-state index contributed by atoms with van der Waals surface area (Å²) in [5.74, 6) is 0. The molecule has 0 saturated heterocycles. The Morgan fingerprint density at radius 3 is 1.49 bits per heavy atom. The van der Waals surface area contributed by atoms with Gasteiger partial charge in [-0.05, 0) is 35.4 Å². The van der Waals surface area contributed by atoms with Gasteiger partial charge in [-0.2, -0.15) is 4.90 Å². The Labute approximate surface area is 228 Å². The van der Waals surface area contributed by atoms with Crippen LogP contribution in [0.25, 0.3) is 0 Å². The zero-order chi connectivity index (χ0) is 30.3. The first-order valence-corrected chi connectivity index (χ1v) is 11.2. The number of para-hydroxylation sites is 2. The van der Waals surface area contributed by atoms with Crippen LogP contribution in [0.4, 0.5) is 43.7 Å². The Morgan fingerprint density at radius 2 is 1.10 bits per heavy atom. The summed E-state index contributed by atoms with van der Waals surface area (Å²) < 4.78 is 10.3. The minimum atomic E-state index is -1.30. The first-order valence-electron chi connectivity index (χ1n) is 11.2.